The van der Waals surface area contributed by atoms with Crippen LogP contribution in [-0.2, 0) is 16.1 Å². The second kappa shape index (κ2) is 15.9. The Balaban J connectivity index is 0.739. The fourth-order valence-corrected chi connectivity index (χ4v) is 9.81. The lowest BCUT2D eigenvalue weighted by atomic mass is 9.92. The average molecular weight is 823 g/mol. The van der Waals surface area contributed by atoms with Gasteiger partial charge in [0.1, 0.15) is 29.5 Å². The number of anilines is 2. The molecule has 16 heteroatoms. The van der Waals surface area contributed by atoms with Crippen LogP contribution in [0.5, 0.6) is 5.75 Å². The highest BCUT2D eigenvalue weighted by molar-refractivity contribution is 6.31. The van der Waals surface area contributed by atoms with E-state index >= 15 is 4.39 Å². The second-order valence-electron chi connectivity index (χ2n) is 16.4. The van der Waals surface area contributed by atoms with Crippen LogP contribution in [-0.4, -0.2) is 113 Å². The SMILES string of the molecule is N#Cc1ccc(OC2CCC(N3Cc4nc(N5CCC(CN6CCN(c7cc8c(cc7F)C(=O)N(C7CCC(=O)NC7=O)C8=O)CC6)CC5)ccc4C3=O)CC2)cc1Cl. The molecule has 6 heterocycles. The fourth-order valence-electron chi connectivity index (χ4n) is 9.59. The molecular weight excluding hydrogens is 779 g/mol. The topological polar surface area (TPSA) is 159 Å². The number of ether oxygens (including phenoxy) is 1. The number of rotatable bonds is 8. The number of piperidine rings is 2. The molecule has 1 aliphatic carbocycles. The van der Waals surface area contributed by atoms with E-state index in [1.807, 2.05) is 21.9 Å². The highest BCUT2D eigenvalue weighted by atomic mass is 35.5. The van der Waals surface area contributed by atoms with Gasteiger partial charge in [0, 0.05) is 64.3 Å². The van der Waals surface area contributed by atoms with Crippen molar-refractivity contribution in [3.63, 3.8) is 0 Å². The zero-order valence-corrected chi connectivity index (χ0v) is 33.3. The Bertz CT molecular complexity index is 2280. The van der Waals surface area contributed by atoms with E-state index in [0.717, 1.165) is 93.7 Å². The first kappa shape index (κ1) is 38.9. The van der Waals surface area contributed by atoms with Crippen LogP contribution in [0, 0.1) is 23.1 Å². The number of nitrogens with one attached hydrogen (secondary N) is 1. The third kappa shape index (κ3) is 7.48. The van der Waals surface area contributed by atoms with Gasteiger partial charge in [-0.05, 0) is 87.3 Å². The van der Waals surface area contributed by atoms with Crippen molar-refractivity contribution in [2.75, 3.05) is 55.6 Å². The first-order valence-corrected chi connectivity index (χ1v) is 20.9. The Morgan fingerprint density at radius 3 is 2.24 bits per heavy atom. The molecule has 3 aromatic rings. The molecule has 1 aromatic heterocycles. The molecule has 306 valence electrons. The van der Waals surface area contributed by atoms with Crippen LogP contribution in [0.3, 0.4) is 0 Å². The number of amides is 5. The lowest BCUT2D eigenvalue weighted by Crippen LogP contribution is -2.54. The summed E-state index contributed by atoms with van der Waals surface area (Å²) in [5.74, 6) is -1.02. The number of pyridine rings is 1. The molecule has 14 nitrogen and oxygen atoms in total. The van der Waals surface area contributed by atoms with Crippen LogP contribution in [0.1, 0.15) is 93.7 Å². The Hall–Kier alpha value is -5.59. The molecule has 0 radical (unpaired) electrons. The minimum atomic E-state index is -1.10. The number of halogens is 2. The molecule has 1 atom stereocenters. The molecule has 1 N–H and O–H groups in total. The molecule has 2 aromatic carbocycles. The van der Waals surface area contributed by atoms with Crippen molar-refractivity contribution in [2.24, 2.45) is 5.92 Å². The summed E-state index contributed by atoms with van der Waals surface area (Å²) in [5.41, 5.74) is 2.21. The van der Waals surface area contributed by atoms with Crippen molar-refractivity contribution in [1.82, 2.24) is 25.0 Å². The van der Waals surface area contributed by atoms with Crippen molar-refractivity contribution in [3.05, 3.63) is 81.3 Å². The highest BCUT2D eigenvalue weighted by Crippen LogP contribution is 2.36. The van der Waals surface area contributed by atoms with E-state index in [2.05, 4.69) is 21.2 Å². The Kier molecular flexibility index (Phi) is 10.5. The normalized spacial score (nSPS) is 24.0. The van der Waals surface area contributed by atoms with Crippen molar-refractivity contribution in [2.45, 2.75) is 76.1 Å². The van der Waals surface area contributed by atoms with Crippen LogP contribution in [0.25, 0.3) is 0 Å². The molecule has 5 aliphatic heterocycles. The molecule has 0 spiro atoms. The van der Waals surface area contributed by atoms with Gasteiger partial charge in [-0.2, -0.15) is 5.26 Å². The predicted octanol–water partition coefficient (Wildman–Crippen LogP) is 4.53. The van der Waals surface area contributed by atoms with E-state index in [4.69, 9.17) is 26.6 Å². The minimum Gasteiger partial charge on any atom is -0.490 e. The maximum absolute atomic E-state index is 15.5. The van der Waals surface area contributed by atoms with Gasteiger partial charge in [-0.15, -0.1) is 0 Å². The third-order valence-corrected chi connectivity index (χ3v) is 13.2. The lowest BCUT2D eigenvalue weighted by molar-refractivity contribution is -0.136. The Morgan fingerprint density at radius 2 is 1.54 bits per heavy atom. The predicted molar refractivity (Wildman–Crippen MR) is 214 cm³/mol. The van der Waals surface area contributed by atoms with Crippen LogP contribution in [0.4, 0.5) is 15.9 Å². The molecule has 3 saturated heterocycles. The third-order valence-electron chi connectivity index (χ3n) is 12.9. The van der Waals surface area contributed by atoms with Crippen molar-refractivity contribution in [1.29, 1.82) is 5.26 Å². The molecule has 0 bridgehead atoms. The van der Waals surface area contributed by atoms with Gasteiger partial charge in [-0.3, -0.25) is 39.1 Å². The van der Waals surface area contributed by atoms with Crippen LogP contribution in [0.15, 0.2) is 42.5 Å². The quantitative estimate of drug-likeness (QED) is 0.318. The van der Waals surface area contributed by atoms with Crippen molar-refractivity contribution >= 4 is 52.6 Å². The number of nitrogens with zero attached hydrogens (tertiary/aromatic N) is 7. The summed E-state index contributed by atoms with van der Waals surface area (Å²) in [5, 5.41) is 11.7. The molecule has 5 amide bonds. The number of piperazine rings is 1. The molecule has 1 unspecified atom stereocenters. The first-order chi connectivity index (χ1) is 28.5. The van der Waals surface area contributed by atoms with Gasteiger partial charge in [0.2, 0.25) is 11.8 Å². The number of hydrogen-bond acceptors (Lipinski definition) is 11. The maximum Gasteiger partial charge on any atom is 0.262 e. The summed E-state index contributed by atoms with van der Waals surface area (Å²) in [6.45, 7) is 5.75. The van der Waals surface area contributed by atoms with E-state index in [0.29, 0.717) is 47.5 Å². The molecule has 1 saturated carbocycles. The maximum atomic E-state index is 15.5. The summed E-state index contributed by atoms with van der Waals surface area (Å²) in [7, 11) is 0. The monoisotopic (exact) mass is 822 g/mol. The van der Waals surface area contributed by atoms with Crippen molar-refractivity contribution < 1.29 is 33.1 Å². The van der Waals surface area contributed by atoms with Gasteiger partial charge in [0.15, 0.2) is 0 Å². The molecule has 59 heavy (non-hydrogen) atoms. The fraction of sp³-hybridized carbons (Fsp3) is 0.465. The molecule has 4 fully saturated rings. The largest absolute Gasteiger partial charge is 0.490 e. The molecular formula is C43H44ClFN8O6. The number of carbonyl (C=O) groups is 5. The van der Waals surface area contributed by atoms with Crippen LogP contribution in [0.2, 0.25) is 5.02 Å². The lowest BCUT2D eigenvalue weighted by Gasteiger charge is -2.40. The second-order valence-corrected chi connectivity index (χ2v) is 16.8. The van der Waals surface area contributed by atoms with E-state index in [-0.39, 0.29) is 47.7 Å². The van der Waals surface area contributed by atoms with Gasteiger partial charge in [0.05, 0.1) is 51.3 Å². The highest BCUT2D eigenvalue weighted by Gasteiger charge is 2.45. The number of aromatic nitrogens is 1. The summed E-state index contributed by atoms with van der Waals surface area (Å²) < 4.78 is 21.6. The molecule has 6 aliphatic rings. The standard InChI is InChI=1S/C43H44ClFN8O6/c44-33-19-29(4-1-26(33)22-46)59-28-5-2-27(3-6-28)52-24-35-30(41(52)56)7-9-38(47-35)51-13-11-25(12-14-51)23-49-15-17-50(18-16-49)37-21-32-31(20-34(37)45)42(57)53(43(32)58)36-8-10-39(54)48-40(36)55/h1,4,7,9,19-21,25,27-28,36H,2-3,5-6,8,10-18,23-24H2,(H,48,54,55). The Labute approximate surface area is 345 Å². The van der Waals surface area contributed by atoms with E-state index < -0.39 is 35.5 Å². The smallest absolute Gasteiger partial charge is 0.262 e. The first-order valence-electron chi connectivity index (χ1n) is 20.5. The number of benzene rings is 2. The number of nitriles is 1. The van der Waals surface area contributed by atoms with Gasteiger partial charge in [0.25, 0.3) is 17.7 Å². The van der Waals surface area contributed by atoms with Crippen LogP contribution >= 0.6 is 11.6 Å². The number of imide groups is 2. The number of fused-ring (bicyclic) bond motifs is 2. The van der Waals surface area contributed by atoms with Gasteiger partial charge in [-0.1, -0.05) is 11.6 Å². The number of carbonyl (C=O) groups excluding carboxylic acids is 5. The van der Waals surface area contributed by atoms with Crippen LogP contribution < -0.4 is 19.9 Å². The van der Waals surface area contributed by atoms with Gasteiger partial charge in [-0.25, -0.2) is 9.37 Å². The van der Waals surface area contributed by atoms with E-state index in [1.54, 1.807) is 18.2 Å². The van der Waals surface area contributed by atoms with E-state index in [1.165, 1.54) is 6.07 Å². The van der Waals surface area contributed by atoms with Crippen molar-refractivity contribution in [3.8, 4) is 11.8 Å². The summed E-state index contributed by atoms with van der Waals surface area (Å²) in [4.78, 5) is 78.4. The Morgan fingerprint density at radius 1 is 0.814 bits per heavy atom. The van der Waals surface area contributed by atoms with Gasteiger partial charge >= 0.3 is 0 Å². The summed E-state index contributed by atoms with van der Waals surface area (Å²) in [6, 6.07) is 12.7. The average Bonchev–Trinajstić information content (AvgIpc) is 3.69. The zero-order chi connectivity index (χ0) is 40.9. The zero-order valence-electron chi connectivity index (χ0n) is 32.5. The summed E-state index contributed by atoms with van der Waals surface area (Å²) in [6.07, 6.45) is 5.40. The number of hydrogen-bond donors (Lipinski definition) is 1. The van der Waals surface area contributed by atoms with E-state index in [9.17, 15) is 24.0 Å². The molecule has 9 rings (SSSR count). The summed E-state index contributed by atoms with van der Waals surface area (Å²) >= 11 is 6.19. The van der Waals surface area contributed by atoms with Gasteiger partial charge < -0.3 is 19.4 Å². The minimum absolute atomic E-state index is 0.0162.